The number of hydrogen-bond donors (Lipinski definition) is 1. The van der Waals surface area contributed by atoms with Crippen molar-refractivity contribution < 1.29 is 18.3 Å². The molecular formula is C16H11F2N3O2. The van der Waals surface area contributed by atoms with Gasteiger partial charge in [-0.15, -0.1) is 0 Å². The van der Waals surface area contributed by atoms with Crippen molar-refractivity contribution in [3.8, 4) is 23.4 Å². The van der Waals surface area contributed by atoms with Gasteiger partial charge in [-0.1, -0.05) is 0 Å². The summed E-state index contributed by atoms with van der Waals surface area (Å²) in [5, 5.41) is 0. The molecule has 0 aliphatic rings. The molecule has 7 heteroatoms. The second-order valence-corrected chi connectivity index (χ2v) is 4.53. The van der Waals surface area contributed by atoms with Crippen LogP contribution in [0.3, 0.4) is 0 Å². The molecule has 0 spiro atoms. The second-order valence-electron chi connectivity index (χ2n) is 4.53. The monoisotopic (exact) mass is 315 g/mol. The number of anilines is 1. The van der Waals surface area contributed by atoms with Crippen LogP contribution < -0.4 is 15.2 Å². The minimum absolute atomic E-state index is 0.0112. The zero-order valence-corrected chi connectivity index (χ0v) is 11.7. The van der Waals surface area contributed by atoms with Crippen molar-refractivity contribution >= 4 is 5.69 Å². The van der Waals surface area contributed by atoms with Crippen LogP contribution in [0.1, 0.15) is 0 Å². The Labute approximate surface area is 130 Å². The van der Waals surface area contributed by atoms with Gasteiger partial charge in [0.15, 0.2) is 0 Å². The van der Waals surface area contributed by atoms with Crippen LogP contribution in [-0.2, 0) is 0 Å². The largest absolute Gasteiger partial charge is 0.437 e. The Morgan fingerprint density at radius 1 is 0.783 bits per heavy atom. The lowest BCUT2D eigenvalue weighted by atomic mass is 10.3. The molecule has 1 heterocycles. The highest BCUT2D eigenvalue weighted by Gasteiger charge is 2.09. The van der Waals surface area contributed by atoms with Crippen molar-refractivity contribution in [3.63, 3.8) is 0 Å². The van der Waals surface area contributed by atoms with E-state index < -0.39 is 0 Å². The van der Waals surface area contributed by atoms with Gasteiger partial charge in [-0.05, 0) is 48.5 Å². The molecule has 0 amide bonds. The molecule has 0 unspecified atom stereocenters. The maximum Gasteiger partial charge on any atom is 0.325 e. The zero-order chi connectivity index (χ0) is 16.2. The molecule has 0 bridgehead atoms. The number of hydrogen-bond acceptors (Lipinski definition) is 5. The molecule has 0 radical (unpaired) electrons. The molecule has 3 rings (SSSR count). The maximum absolute atomic E-state index is 12.9. The highest BCUT2D eigenvalue weighted by molar-refractivity contribution is 5.48. The quantitative estimate of drug-likeness (QED) is 0.790. The van der Waals surface area contributed by atoms with Crippen molar-refractivity contribution in [2.24, 2.45) is 0 Å². The molecule has 5 nitrogen and oxygen atoms in total. The van der Waals surface area contributed by atoms with E-state index in [4.69, 9.17) is 15.2 Å². The van der Waals surface area contributed by atoms with E-state index in [1.165, 1.54) is 54.7 Å². The van der Waals surface area contributed by atoms with Crippen LogP contribution >= 0.6 is 0 Å². The van der Waals surface area contributed by atoms with Gasteiger partial charge in [-0.2, -0.15) is 4.98 Å². The normalized spacial score (nSPS) is 10.3. The summed E-state index contributed by atoms with van der Waals surface area (Å²) >= 11 is 0. The van der Waals surface area contributed by atoms with E-state index in [0.29, 0.717) is 11.5 Å². The topological polar surface area (TPSA) is 70.3 Å². The van der Waals surface area contributed by atoms with Crippen LogP contribution in [0, 0.1) is 11.6 Å². The lowest BCUT2D eigenvalue weighted by Gasteiger charge is -2.09. The maximum atomic E-state index is 12.9. The molecule has 0 aliphatic heterocycles. The first-order valence-electron chi connectivity index (χ1n) is 6.59. The van der Waals surface area contributed by atoms with Gasteiger partial charge < -0.3 is 15.2 Å². The molecule has 0 fully saturated rings. The second kappa shape index (κ2) is 6.27. The van der Waals surface area contributed by atoms with E-state index in [0.717, 1.165) is 0 Å². The summed E-state index contributed by atoms with van der Waals surface area (Å²) in [6, 6.07) is 10.8. The molecule has 0 saturated heterocycles. The average Bonchev–Trinajstić information content (AvgIpc) is 2.55. The minimum Gasteiger partial charge on any atom is -0.437 e. The Hall–Kier alpha value is -3.22. The molecule has 2 N–H and O–H groups in total. The van der Waals surface area contributed by atoms with Gasteiger partial charge in [0, 0.05) is 0 Å². The Morgan fingerprint density at radius 2 is 1.30 bits per heavy atom. The molecular weight excluding hydrogens is 304 g/mol. The smallest absolute Gasteiger partial charge is 0.325 e. The van der Waals surface area contributed by atoms with E-state index in [-0.39, 0.29) is 29.2 Å². The number of nitrogen functional groups attached to an aromatic ring is 1. The molecule has 23 heavy (non-hydrogen) atoms. The first-order chi connectivity index (χ1) is 11.1. The van der Waals surface area contributed by atoms with Gasteiger partial charge in [-0.25, -0.2) is 13.8 Å². The standard InChI is InChI=1S/C16H11F2N3O2/c17-10-1-5-12(6-2-10)22-15-14(19)9-20-16(21-15)23-13-7-3-11(18)4-8-13/h1-9H,19H2. The van der Waals surface area contributed by atoms with Crippen LogP contribution in [0.5, 0.6) is 23.4 Å². The van der Waals surface area contributed by atoms with Crippen molar-refractivity contribution in [1.82, 2.24) is 9.97 Å². The summed E-state index contributed by atoms with van der Waals surface area (Å²) in [6.45, 7) is 0. The lowest BCUT2D eigenvalue weighted by molar-refractivity contribution is 0.412. The Bertz CT molecular complexity index is 809. The van der Waals surface area contributed by atoms with Crippen molar-refractivity contribution in [3.05, 3.63) is 66.4 Å². The van der Waals surface area contributed by atoms with Crippen LogP contribution in [-0.4, -0.2) is 9.97 Å². The predicted molar refractivity (Wildman–Crippen MR) is 79.4 cm³/mol. The molecule has 0 atom stereocenters. The van der Waals surface area contributed by atoms with Crippen molar-refractivity contribution in [2.75, 3.05) is 5.73 Å². The Kier molecular flexibility index (Phi) is 4.01. The third kappa shape index (κ3) is 3.70. The fourth-order valence-corrected chi connectivity index (χ4v) is 1.71. The zero-order valence-electron chi connectivity index (χ0n) is 11.7. The number of nitrogens with zero attached hydrogens (tertiary/aromatic N) is 2. The molecule has 3 aromatic rings. The van der Waals surface area contributed by atoms with E-state index in [1.54, 1.807) is 0 Å². The fraction of sp³-hybridized carbons (Fsp3) is 0. The van der Waals surface area contributed by atoms with Gasteiger partial charge in [0.1, 0.15) is 28.8 Å². The SMILES string of the molecule is Nc1cnc(Oc2ccc(F)cc2)nc1Oc1ccc(F)cc1. The summed E-state index contributed by atoms with van der Waals surface area (Å²) in [4.78, 5) is 7.96. The lowest BCUT2D eigenvalue weighted by Crippen LogP contribution is -1.99. The van der Waals surface area contributed by atoms with Gasteiger partial charge in [0.2, 0.25) is 5.88 Å². The number of benzene rings is 2. The van der Waals surface area contributed by atoms with Crippen LogP contribution in [0.4, 0.5) is 14.5 Å². The summed E-state index contributed by atoms with van der Waals surface area (Å²) in [7, 11) is 0. The average molecular weight is 315 g/mol. The predicted octanol–water partition coefficient (Wildman–Crippen LogP) is 3.92. The summed E-state index contributed by atoms with van der Waals surface area (Å²) in [6.07, 6.45) is 1.32. The number of rotatable bonds is 4. The number of nitrogens with two attached hydrogens (primary N) is 1. The van der Waals surface area contributed by atoms with E-state index in [2.05, 4.69) is 9.97 Å². The number of ether oxygens (including phenoxy) is 2. The first-order valence-corrected chi connectivity index (χ1v) is 6.59. The molecule has 0 saturated carbocycles. The summed E-state index contributed by atoms with van der Waals surface area (Å²) in [5.74, 6) is 0.0430. The number of aromatic nitrogens is 2. The number of halogens is 2. The van der Waals surface area contributed by atoms with Crippen molar-refractivity contribution in [2.45, 2.75) is 0 Å². The fourth-order valence-electron chi connectivity index (χ4n) is 1.71. The third-order valence-corrected chi connectivity index (χ3v) is 2.81. The van der Waals surface area contributed by atoms with Gasteiger partial charge >= 0.3 is 6.01 Å². The van der Waals surface area contributed by atoms with Gasteiger partial charge in [-0.3, -0.25) is 0 Å². The van der Waals surface area contributed by atoms with E-state index in [9.17, 15) is 8.78 Å². The van der Waals surface area contributed by atoms with Crippen LogP contribution in [0.25, 0.3) is 0 Å². The third-order valence-electron chi connectivity index (χ3n) is 2.81. The Morgan fingerprint density at radius 3 is 1.87 bits per heavy atom. The van der Waals surface area contributed by atoms with E-state index in [1.807, 2.05) is 0 Å². The highest BCUT2D eigenvalue weighted by Crippen LogP contribution is 2.27. The molecule has 2 aromatic carbocycles. The van der Waals surface area contributed by atoms with Gasteiger partial charge in [0.25, 0.3) is 0 Å². The van der Waals surface area contributed by atoms with Crippen molar-refractivity contribution in [1.29, 1.82) is 0 Å². The van der Waals surface area contributed by atoms with E-state index >= 15 is 0 Å². The van der Waals surface area contributed by atoms with Crippen LogP contribution in [0.2, 0.25) is 0 Å². The van der Waals surface area contributed by atoms with Gasteiger partial charge in [0.05, 0.1) is 6.20 Å². The minimum atomic E-state index is -0.381. The first kappa shape index (κ1) is 14.7. The Balaban J connectivity index is 1.81. The molecule has 1 aromatic heterocycles. The van der Waals surface area contributed by atoms with Crippen LogP contribution in [0.15, 0.2) is 54.7 Å². The molecule has 116 valence electrons. The highest BCUT2D eigenvalue weighted by atomic mass is 19.1. The summed E-state index contributed by atoms with van der Waals surface area (Å²) < 4.78 is 36.6. The molecule has 0 aliphatic carbocycles. The summed E-state index contributed by atoms with van der Waals surface area (Å²) in [5.41, 5.74) is 5.95.